The number of methoxy groups -OCH3 is 1. The van der Waals surface area contributed by atoms with Crippen molar-refractivity contribution < 1.29 is 4.74 Å². The summed E-state index contributed by atoms with van der Waals surface area (Å²) in [6.07, 6.45) is 3.48. The first-order valence-electron chi connectivity index (χ1n) is 7.72. The van der Waals surface area contributed by atoms with E-state index in [-0.39, 0.29) is 0 Å². The predicted octanol–water partition coefficient (Wildman–Crippen LogP) is 3.82. The number of hydrogen-bond donors (Lipinski definition) is 1. The van der Waals surface area contributed by atoms with Crippen molar-refractivity contribution >= 4 is 0 Å². The van der Waals surface area contributed by atoms with Crippen LogP contribution < -0.4 is 10.1 Å². The second-order valence-corrected chi connectivity index (χ2v) is 5.85. The van der Waals surface area contributed by atoms with Crippen LogP contribution in [0.5, 0.6) is 5.75 Å². The van der Waals surface area contributed by atoms with Crippen molar-refractivity contribution in [2.75, 3.05) is 13.7 Å². The molecule has 0 spiro atoms. The second-order valence-electron chi connectivity index (χ2n) is 5.85. The largest absolute Gasteiger partial charge is 0.497 e. The summed E-state index contributed by atoms with van der Waals surface area (Å²) in [5.74, 6) is 0.923. The Labute approximate surface area is 127 Å². The van der Waals surface area contributed by atoms with Crippen molar-refractivity contribution in [1.82, 2.24) is 5.32 Å². The maximum absolute atomic E-state index is 5.19. The Kier molecular flexibility index (Phi) is 4.26. The second kappa shape index (κ2) is 6.31. The van der Waals surface area contributed by atoms with Gasteiger partial charge in [0, 0.05) is 6.04 Å². The Morgan fingerprint density at radius 3 is 2.71 bits per heavy atom. The molecule has 1 atom stereocenters. The topological polar surface area (TPSA) is 21.3 Å². The fraction of sp³-hybridized carbons (Fsp3) is 0.368. The Morgan fingerprint density at radius 1 is 1.14 bits per heavy atom. The third-order valence-corrected chi connectivity index (χ3v) is 4.34. The van der Waals surface area contributed by atoms with Crippen LogP contribution in [0.15, 0.2) is 42.5 Å². The zero-order chi connectivity index (χ0) is 14.7. The highest BCUT2D eigenvalue weighted by atomic mass is 16.5. The molecule has 0 fully saturated rings. The van der Waals surface area contributed by atoms with Crippen molar-refractivity contribution in [3.05, 3.63) is 64.7 Å². The van der Waals surface area contributed by atoms with Gasteiger partial charge < -0.3 is 10.1 Å². The molecule has 2 heteroatoms. The van der Waals surface area contributed by atoms with Gasteiger partial charge in [0.15, 0.2) is 0 Å². The van der Waals surface area contributed by atoms with Crippen LogP contribution in [0.3, 0.4) is 0 Å². The van der Waals surface area contributed by atoms with E-state index >= 15 is 0 Å². The molecule has 110 valence electrons. The molecule has 1 unspecified atom stereocenters. The molecular formula is C19H23NO. The molecule has 0 saturated heterocycles. The molecule has 1 aliphatic carbocycles. The molecule has 2 aromatic carbocycles. The summed E-state index contributed by atoms with van der Waals surface area (Å²) in [6, 6.07) is 15.7. The van der Waals surface area contributed by atoms with Crippen LogP contribution in [0.2, 0.25) is 0 Å². The molecule has 1 aliphatic rings. The SMILES string of the molecule is COc1ccc(CCNC2CCc3ccc(C)cc32)cc1. The van der Waals surface area contributed by atoms with Crippen molar-refractivity contribution in [2.24, 2.45) is 0 Å². The normalized spacial score (nSPS) is 16.8. The average molecular weight is 281 g/mol. The van der Waals surface area contributed by atoms with Crippen LogP contribution in [-0.2, 0) is 12.8 Å². The minimum atomic E-state index is 0.526. The fourth-order valence-corrected chi connectivity index (χ4v) is 3.12. The summed E-state index contributed by atoms with van der Waals surface area (Å²) in [5, 5.41) is 3.71. The molecule has 2 aromatic rings. The molecule has 21 heavy (non-hydrogen) atoms. The van der Waals surface area contributed by atoms with Gasteiger partial charge in [-0.15, -0.1) is 0 Å². The summed E-state index contributed by atoms with van der Waals surface area (Å²) in [5.41, 5.74) is 5.73. The molecule has 0 radical (unpaired) electrons. The molecular weight excluding hydrogens is 258 g/mol. The molecule has 0 aromatic heterocycles. The van der Waals surface area contributed by atoms with Crippen LogP contribution in [0.25, 0.3) is 0 Å². The van der Waals surface area contributed by atoms with Crippen LogP contribution in [-0.4, -0.2) is 13.7 Å². The van der Waals surface area contributed by atoms with E-state index in [1.165, 1.54) is 35.1 Å². The highest BCUT2D eigenvalue weighted by Gasteiger charge is 2.21. The summed E-state index contributed by atoms with van der Waals surface area (Å²) in [6.45, 7) is 3.19. The summed E-state index contributed by atoms with van der Waals surface area (Å²) >= 11 is 0. The van der Waals surface area contributed by atoms with Crippen LogP contribution in [0.4, 0.5) is 0 Å². The van der Waals surface area contributed by atoms with Crippen LogP contribution >= 0.6 is 0 Å². The molecule has 0 amide bonds. The number of fused-ring (bicyclic) bond motifs is 1. The van der Waals surface area contributed by atoms with E-state index in [0.717, 1.165) is 18.7 Å². The monoisotopic (exact) mass is 281 g/mol. The van der Waals surface area contributed by atoms with E-state index in [1.807, 2.05) is 12.1 Å². The first kappa shape index (κ1) is 14.2. The summed E-state index contributed by atoms with van der Waals surface area (Å²) in [7, 11) is 1.70. The van der Waals surface area contributed by atoms with E-state index in [0.29, 0.717) is 6.04 Å². The van der Waals surface area contributed by atoms with E-state index in [1.54, 1.807) is 7.11 Å². The summed E-state index contributed by atoms with van der Waals surface area (Å²) < 4.78 is 5.19. The van der Waals surface area contributed by atoms with Gasteiger partial charge in [-0.05, 0) is 61.6 Å². The molecule has 3 rings (SSSR count). The maximum atomic E-state index is 5.19. The maximum Gasteiger partial charge on any atom is 0.118 e. The van der Waals surface area contributed by atoms with E-state index in [2.05, 4.69) is 42.6 Å². The lowest BCUT2D eigenvalue weighted by Crippen LogP contribution is -2.21. The standard InChI is InChI=1S/C19H23NO/c1-14-3-6-16-7-10-19(18(16)13-14)20-12-11-15-4-8-17(21-2)9-5-15/h3-6,8-9,13,19-20H,7,10-12H2,1-2H3. The van der Waals surface area contributed by atoms with E-state index in [4.69, 9.17) is 4.74 Å². The summed E-state index contributed by atoms with van der Waals surface area (Å²) in [4.78, 5) is 0. The van der Waals surface area contributed by atoms with Gasteiger partial charge in [-0.2, -0.15) is 0 Å². The number of aryl methyl sites for hydroxylation is 2. The quantitative estimate of drug-likeness (QED) is 0.899. The minimum absolute atomic E-state index is 0.526. The van der Waals surface area contributed by atoms with Gasteiger partial charge in [0.05, 0.1) is 7.11 Å². The average Bonchev–Trinajstić information content (AvgIpc) is 2.90. The number of rotatable bonds is 5. The third-order valence-electron chi connectivity index (χ3n) is 4.34. The molecule has 0 aliphatic heterocycles. The van der Waals surface area contributed by atoms with Gasteiger partial charge in [0.2, 0.25) is 0 Å². The molecule has 0 heterocycles. The molecule has 0 saturated carbocycles. The first-order chi connectivity index (χ1) is 10.3. The predicted molar refractivity (Wildman–Crippen MR) is 86.9 cm³/mol. The number of benzene rings is 2. The molecule has 2 nitrogen and oxygen atoms in total. The van der Waals surface area contributed by atoms with Crippen molar-refractivity contribution in [3.63, 3.8) is 0 Å². The van der Waals surface area contributed by atoms with Gasteiger partial charge in [-0.25, -0.2) is 0 Å². The highest BCUT2D eigenvalue weighted by molar-refractivity contribution is 5.37. The zero-order valence-corrected chi connectivity index (χ0v) is 12.9. The smallest absolute Gasteiger partial charge is 0.118 e. The van der Waals surface area contributed by atoms with Crippen molar-refractivity contribution in [2.45, 2.75) is 32.2 Å². The van der Waals surface area contributed by atoms with Gasteiger partial charge in [0.1, 0.15) is 5.75 Å². The minimum Gasteiger partial charge on any atom is -0.497 e. The molecule has 0 bridgehead atoms. The van der Waals surface area contributed by atoms with Gasteiger partial charge in [-0.1, -0.05) is 35.9 Å². The Balaban J connectivity index is 1.56. The van der Waals surface area contributed by atoms with E-state index in [9.17, 15) is 0 Å². The Bertz CT molecular complexity index is 603. The number of ether oxygens (including phenoxy) is 1. The third kappa shape index (κ3) is 3.27. The lowest BCUT2D eigenvalue weighted by atomic mass is 10.0. The number of hydrogen-bond acceptors (Lipinski definition) is 2. The van der Waals surface area contributed by atoms with Crippen LogP contribution in [0.1, 0.15) is 34.7 Å². The van der Waals surface area contributed by atoms with Gasteiger partial charge in [-0.3, -0.25) is 0 Å². The Hall–Kier alpha value is -1.80. The zero-order valence-electron chi connectivity index (χ0n) is 12.9. The fourth-order valence-electron chi connectivity index (χ4n) is 3.12. The van der Waals surface area contributed by atoms with E-state index < -0.39 is 0 Å². The molecule has 1 N–H and O–H groups in total. The lowest BCUT2D eigenvalue weighted by molar-refractivity contribution is 0.414. The Morgan fingerprint density at radius 2 is 1.95 bits per heavy atom. The van der Waals surface area contributed by atoms with Crippen molar-refractivity contribution in [1.29, 1.82) is 0 Å². The lowest BCUT2D eigenvalue weighted by Gasteiger charge is -2.14. The number of nitrogens with one attached hydrogen (secondary N) is 1. The van der Waals surface area contributed by atoms with Crippen LogP contribution in [0, 0.1) is 6.92 Å². The highest BCUT2D eigenvalue weighted by Crippen LogP contribution is 2.31. The van der Waals surface area contributed by atoms with Gasteiger partial charge in [0.25, 0.3) is 0 Å². The first-order valence-corrected chi connectivity index (χ1v) is 7.72. The van der Waals surface area contributed by atoms with Crippen molar-refractivity contribution in [3.8, 4) is 5.75 Å². The van der Waals surface area contributed by atoms with Gasteiger partial charge >= 0.3 is 0 Å².